The predicted molar refractivity (Wildman–Crippen MR) is 89.4 cm³/mol. The second-order valence-electron chi connectivity index (χ2n) is 4.21. The van der Waals surface area contributed by atoms with E-state index in [0.29, 0.717) is 20.2 Å². The number of thiophene rings is 1. The number of hydrogen-bond donors (Lipinski definition) is 0. The molecular formula is C14H13BrCl2O2S. The minimum Gasteiger partial charge on any atom is -0.493 e. The van der Waals surface area contributed by atoms with Crippen LogP contribution in [0.5, 0.6) is 11.5 Å². The second kappa shape index (κ2) is 6.56. The number of rotatable bonds is 4. The largest absolute Gasteiger partial charge is 0.493 e. The number of aryl methyl sites for hydroxylation is 1. The number of methoxy groups -OCH3 is 2. The fraction of sp³-hybridized carbons (Fsp3) is 0.286. The molecule has 2 nitrogen and oxygen atoms in total. The molecule has 1 unspecified atom stereocenters. The van der Waals surface area contributed by atoms with Gasteiger partial charge in [-0.3, -0.25) is 0 Å². The molecule has 0 radical (unpaired) electrons. The second-order valence-corrected chi connectivity index (χ2v) is 7.41. The Morgan fingerprint density at radius 2 is 1.65 bits per heavy atom. The van der Waals surface area contributed by atoms with Gasteiger partial charge in [0, 0.05) is 5.56 Å². The van der Waals surface area contributed by atoms with Crippen LogP contribution >= 0.6 is 50.5 Å². The van der Waals surface area contributed by atoms with E-state index in [0.717, 1.165) is 16.7 Å². The van der Waals surface area contributed by atoms with E-state index in [4.69, 9.17) is 32.7 Å². The van der Waals surface area contributed by atoms with Crippen molar-refractivity contribution in [3.63, 3.8) is 0 Å². The number of halogens is 3. The number of alkyl halides is 1. The van der Waals surface area contributed by atoms with Crippen LogP contribution in [-0.2, 0) is 0 Å². The highest BCUT2D eigenvalue weighted by atomic mass is 79.9. The Kier molecular flexibility index (Phi) is 5.24. The molecule has 2 aromatic rings. The number of ether oxygens (including phenoxy) is 2. The molecule has 0 spiro atoms. The minimum atomic E-state index is -0.0430. The van der Waals surface area contributed by atoms with Crippen LogP contribution < -0.4 is 9.47 Å². The monoisotopic (exact) mass is 394 g/mol. The first-order chi connectivity index (χ1) is 9.47. The van der Waals surface area contributed by atoms with Crippen LogP contribution in [0.2, 0.25) is 8.67 Å². The van der Waals surface area contributed by atoms with Crippen LogP contribution in [0, 0.1) is 6.92 Å². The Bertz CT molecular complexity index is 628. The molecule has 0 aliphatic carbocycles. The van der Waals surface area contributed by atoms with Gasteiger partial charge in [0.05, 0.1) is 27.7 Å². The number of benzene rings is 1. The fourth-order valence-corrected chi connectivity index (χ4v) is 4.63. The molecule has 0 N–H and O–H groups in total. The van der Waals surface area contributed by atoms with Gasteiger partial charge in [0.2, 0.25) is 0 Å². The van der Waals surface area contributed by atoms with E-state index >= 15 is 0 Å². The van der Waals surface area contributed by atoms with E-state index in [-0.39, 0.29) is 4.83 Å². The van der Waals surface area contributed by atoms with Crippen LogP contribution in [0.4, 0.5) is 0 Å². The molecule has 1 heterocycles. The van der Waals surface area contributed by atoms with Gasteiger partial charge in [-0.2, -0.15) is 0 Å². The van der Waals surface area contributed by atoms with E-state index in [1.807, 2.05) is 25.1 Å². The topological polar surface area (TPSA) is 18.5 Å². The lowest BCUT2D eigenvalue weighted by molar-refractivity contribution is 0.354. The van der Waals surface area contributed by atoms with Crippen molar-refractivity contribution in [2.45, 2.75) is 11.8 Å². The maximum Gasteiger partial charge on any atom is 0.161 e. The lowest BCUT2D eigenvalue weighted by Crippen LogP contribution is -1.99. The Morgan fingerprint density at radius 1 is 1.05 bits per heavy atom. The van der Waals surface area contributed by atoms with Gasteiger partial charge in [-0.1, -0.05) is 39.1 Å². The normalized spacial score (nSPS) is 12.3. The van der Waals surface area contributed by atoms with Crippen molar-refractivity contribution >= 4 is 50.5 Å². The van der Waals surface area contributed by atoms with Crippen LogP contribution in [0.1, 0.15) is 21.5 Å². The van der Waals surface area contributed by atoms with Crippen molar-refractivity contribution in [3.8, 4) is 11.5 Å². The zero-order valence-corrected chi connectivity index (χ0v) is 15.1. The highest BCUT2D eigenvalue weighted by Gasteiger charge is 2.20. The molecule has 0 saturated carbocycles. The lowest BCUT2D eigenvalue weighted by Gasteiger charge is -2.16. The summed E-state index contributed by atoms with van der Waals surface area (Å²) in [5, 5.41) is 0. The van der Waals surface area contributed by atoms with Gasteiger partial charge in [-0.25, -0.2) is 0 Å². The zero-order valence-electron chi connectivity index (χ0n) is 11.2. The Hall–Kier alpha value is -0.420. The first-order valence-corrected chi connectivity index (χ1v) is 8.28. The van der Waals surface area contributed by atoms with E-state index in [1.165, 1.54) is 11.3 Å². The first kappa shape index (κ1) is 16.0. The third-order valence-electron chi connectivity index (χ3n) is 3.00. The number of hydrogen-bond acceptors (Lipinski definition) is 3. The van der Waals surface area contributed by atoms with Crippen molar-refractivity contribution in [1.82, 2.24) is 0 Å². The minimum absolute atomic E-state index is 0.0430. The molecule has 0 amide bonds. The summed E-state index contributed by atoms with van der Waals surface area (Å²) in [6.07, 6.45) is 0. The van der Waals surface area contributed by atoms with Crippen molar-refractivity contribution in [2.75, 3.05) is 14.2 Å². The third-order valence-corrected chi connectivity index (χ3v) is 5.51. The molecule has 1 aromatic heterocycles. The SMILES string of the molecule is COc1cc(C)c(C(Br)c2cc(Cl)sc2Cl)cc1OC. The van der Waals surface area contributed by atoms with Crippen molar-refractivity contribution in [3.05, 3.63) is 43.6 Å². The summed E-state index contributed by atoms with van der Waals surface area (Å²) in [6, 6.07) is 5.78. The molecule has 1 aromatic carbocycles. The van der Waals surface area contributed by atoms with E-state index in [1.54, 1.807) is 14.2 Å². The van der Waals surface area contributed by atoms with Crippen molar-refractivity contribution in [1.29, 1.82) is 0 Å². The van der Waals surface area contributed by atoms with Gasteiger partial charge in [0.15, 0.2) is 11.5 Å². The van der Waals surface area contributed by atoms with Gasteiger partial charge in [-0.15, -0.1) is 11.3 Å². The summed E-state index contributed by atoms with van der Waals surface area (Å²) in [6.45, 7) is 2.02. The van der Waals surface area contributed by atoms with E-state index < -0.39 is 0 Å². The van der Waals surface area contributed by atoms with Gasteiger partial charge in [-0.05, 0) is 36.2 Å². The van der Waals surface area contributed by atoms with Gasteiger partial charge >= 0.3 is 0 Å². The van der Waals surface area contributed by atoms with Crippen LogP contribution in [0.3, 0.4) is 0 Å². The van der Waals surface area contributed by atoms with Crippen LogP contribution in [-0.4, -0.2) is 14.2 Å². The first-order valence-electron chi connectivity index (χ1n) is 5.79. The molecule has 0 fully saturated rings. The summed E-state index contributed by atoms with van der Waals surface area (Å²) in [7, 11) is 3.24. The summed E-state index contributed by atoms with van der Waals surface area (Å²) in [4.78, 5) is -0.0430. The lowest BCUT2D eigenvalue weighted by atomic mass is 10.0. The fourth-order valence-electron chi connectivity index (χ4n) is 1.96. The Labute approximate surface area is 140 Å². The molecule has 2 rings (SSSR count). The predicted octanol–water partition coefficient (Wildman–Crippen LogP) is 5.86. The highest BCUT2D eigenvalue weighted by molar-refractivity contribution is 9.09. The smallest absolute Gasteiger partial charge is 0.161 e. The Morgan fingerprint density at radius 3 is 2.15 bits per heavy atom. The van der Waals surface area contributed by atoms with E-state index in [2.05, 4.69) is 15.9 Å². The molecule has 20 heavy (non-hydrogen) atoms. The Balaban J connectivity index is 2.49. The molecule has 1 atom stereocenters. The van der Waals surface area contributed by atoms with Crippen LogP contribution in [0.15, 0.2) is 18.2 Å². The summed E-state index contributed by atoms with van der Waals surface area (Å²) in [5.41, 5.74) is 3.11. The molecular weight excluding hydrogens is 383 g/mol. The summed E-state index contributed by atoms with van der Waals surface area (Å²) < 4.78 is 12.0. The molecule has 0 aliphatic heterocycles. The molecule has 0 bridgehead atoms. The third kappa shape index (κ3) is 3.08. The molecule has 6 heteroatoms. The zero-order chi connectivity index (χ0) is 14.9. The molecule has 0 saturated heterocycles. The van der Waals surface area contributed by atoms with Gasteiger partial charge in [0.1, 0.15) is 0 Å². The quantitative estimate of drug-likeness (QED) is 0.603. The summed E-state index contributed by atoms with van der Waals surface area (Å²) in [5.74, 6) is 1.40. The van der Waals surface area contributed by atoms with Crippen molar-refractivity contribution in [2.24, 2.45) is 0 Å². The summed E-state index contributed by atoms with van der Waals surface area (Å²) >= 11 is 17.3. The molecule has 108 valence electrons. The standard InChI is InChI=1S/C14H13BrCl2O2S/c1-7-4-10(18-2)11(19-3)5-8(7)13(15)9-6-12(16)20-14(9)17/h4-6,13H,1-3H3. The van der Waals surface area contributed by atoms with Crippen molar-refractivity contribution < 1.29 is 9.47 Å². The van der Waals surface area contributed by atoms with Crippen LogP contribution in [0.25, 0.3) is 0 Å². The van der Waals surface area contributed by atoms with E-state index in [9.17, 15) is 0 Å². The maximum absolute atomic E-state index is 6.22. The maximum atomic E-state index is 6.22. The molecule has 0 aliphatic rings. The average molecular weight is 396 g/mol. The average Bonchev–Trinajstić information content (AvgIpc) is 2.76. The highest BCUT2D eigenvalue weighted by Crippen LogP contribution is 2.44. The van der Waals surface area contributed by atoms with Gasteiger partial charge in [0.25, 0.3) is 0 Å². The van der Waals surface area contributed by atoms with Gasteiger partial charge < -0.3 is 9.47 Å².